The molecule has 7 nitrogen and oxygen atoms in total. The van der Waals surface area contributed by atoms with Crippen molar-refractivity contribution in [2.45, 2.75) is 37.1 Å². The summed E-state index contributed by atoms with van der Waals surface area (Å²) in [6, 6.07) is 6.83. The lowest BCUT2D eigenvalue weighted by molar-refractivity contribution is -0.274. The van der Waals surface area contributed by atoms with Crippen LogP contribution in [0.25, 0.3) is 11.0 Å². The molecule has 2 aliphatic rings. The Labute approximate surface area is 204 Å². The van der Waals surface area contributed by atoms with E-state index in [2.05, 4.69) is 20.0 Å². The minimum Gasteiger partial charge on any atom is -0.406 e. The lowest BCUT2D eigenvalue weighted by Crippen LogP contribution is -2.38. The summed E-state index contributed by atoms with van der Waals surface area (Å²) in [5, 5.41) is 4.06. The lowest BCUT2D eigenvalue weighted by atomic mass is 9.87. The molecule has 3 aromatic rings. The molecule has 2 fully saturated rings. The Morgan fingerprint density at radius 2 is 1.86 bits per heavy atom. The fraction of sp³-hybridized carbons (Fsp3) is 0.440. The molecule has 0 radical (unpaired) electrons. The number of halogens is 4. The maximum Gasteiger partial charge on any atom is 0.573 e. The molecular weight excluding hydrogens is 480 g/mol. The number of carbonyl (C=O) groups excluding carboxylic acids is 1. The summed E-state index contributed by atoms with van der Waals surface area (Å²) in [7, 11) is 1.68. The second-order valence-corrected chi connectivity index (χ2v) is 9.18. The number of likely N-dealkylation sites (tertiary alicyclic amines) is 1. The van der Waals surface area contributed by atoms with E-state index in [0.717, 1.165) is 36.3 Å². The van der Waals surface area contributed by atoms with E-state index in [-0.39, 0.29) is 41.0 Å². The lowest BCUT2D eigenvalue weighted by Gasteiger charge is -2.32. The molecule has 0 spiro atoms. The van der Waals surface area contributed by atoms with Gasteiger partial charge in [-0.25, -0.2) is 9.37 Å². The first-order valence-corrected chi connectivity index (χ1v) is 11.8. The van der Waals surface area contributed by atoms with Crippen LogP contribution in [0.15, 0.2) is 36.5 Å². The van der Waals surface area contributed by atoms with Gasteiger partial charge < -0.3 is 24.7 Å². The van der Waals surface area contributed by atoms with E-state index < -0.39 is 6.36 Å². The van der Waals surface area contributed by atoms with E-state index >= 15 is 4.39 Å². The highest BCUT2D eigenvalue weighted by atomic mass is 19.4. The van der Waals surface area contributed by atoms with E-state index in [1.54, 1.807) is 12.0 Å². The van der Waals surface area contributed by atoms with Crippen LogP contribution >= 0.6 is 0 Å². The molecule has 0 saturated carbocycles. The third-order valence-electron chi connectivity index (χ3n) is 7.06. The van der Waals surface area contributed by atoms with Crippen molar-refractivity contribution in [1.29, 1.82) is 0 Å². The number of carbonyl (C=O) groups is 1. The number of H-pyrrole nitrogens is 1. The van der Waals surface area contributed by atoms with Crippen molar-refractivity contribution < 1.29 is 31.8 Å². The molecule has 2 N–H and O–H groups in total. The molecular formula is C25H26F4N4O3. The van der Waals surface area contributed by atoms with Crippen LogP contribution in [0.5, 0.6) is 5.75 Å². The van der Waals surface area contributed by atoms with Crippen LogP contribution < -0.4 is 10.1 Å². The van der Waals surface area contributed by atoms with Crippen molar-refractivity contribution in [3.63, 3.8) is 0 Å². The van der Waals surface area contributed by atoms with Gasteiger partial charge in [-0.05, 0) is 49.1 Å². The highest BCUT2D eigenvalue weighted by molar-refractivity contribution is 5.94. The van der Waals surface area contributed by atoms with Crippen LogP contribution in [-0.4, -0.2) is 66.5 Å². The van der Waals surface area contributed by atoms with Gasteiger partial charge in [0.25, 0.3) is 5.91 Å². The van der Waals surface area contributed by atoms with Gasteiger partial charge in [0.1, 0.15) is 17.2 Å². The first-order valence-electron chi connectivity index (χ1n) is 11.8. The first kappa shape index (κ1) is 24.5. The molecule has 1 amide bonds. The van der Waals surface area contributed by atoms with Gasteiger partial charge in [-0.2, -0.15) is 0 Å². The number of fused-ring (bicyclic) bond motifs is 1. The molecule has 5 rings (SSSR count). The smallest absolute Gasteiger partial charge is 0.406 e. The van der Waals surface area contributed by atoms with Gasteiger partial charge in [0, 0.05) is 61.4 Å². The number of methoxy groups -OCH3 is 1. The number of hydrogen-bond donors (Lipinski definition) is 2. The number of amides is 1. The second-order valence-electron chi connectivity index (χ2n) is 9.18. The van der Waals surface area contributed by atoms with Gasteiger partial charge in [0.05, 0.1) is 12.3 Å². The molecule has 4 heterocycles. The Morgan fingerprint density at radius 3 is 2.53 bits per heavy atom. The third kappa shape index (κ3) is 4.90. The Balaban J connectivity index is 1.29. The number of hydrogen-bond acceptors (Lipinski definition) is 5. The van der Waals surface area contributed by atoms with Crippen LogP contribution in [0, 0.1) is 5.82 Å². The van der Waals surface area contributed by atoms with Crippen LogP contribution in [0.2, 0.25) is 0 Å². The summed E-state index contributed by atoms with van der Waals surface area (Å²) in [4.78, 5) is 22.1. The standard InChI is InChI=1S/C25H26F4N4O3/c1-35-21-13-30-11-18(21)20-10-17-22(19(26)12-31-23(17)32-20)14-6-8-33(9-7-14)24(34)15-2-4-16(5-3-15)36-25(27,28)29/h2-5,10,12,14,18,21,30H,6-9,11,13H2,1H3,(H,31,32)/t18-,21-/m0/s1. The Morgan fingerprint density at radius 1 is 1.14 bits per heavy atom. The number of rotatable bonds is 5. The number of ether oxygens (including phenoxy) is 2. The molecule has 2 aliphatic heterocycles. The summed E-state index contributed by atoms with van der Waals surface area (Å²) >= 11 is 0. The van der Waals surface area contributed by atoms with E-state index in [1.807, 2.05) is 6.07 Å². The molecule has 0 bridgehead atoms. The van der Waals surface area contributed by atoms with E-state index in [4.69, 9.17) is 4.74 Å². The quantitative estimate of drug-likeness (QED) is 0.504. The molecule has 11 heteroatoms. The molecule has 2 atom stereocenters. The molecule has 192 valence electrons. The van der Waals surface area contributed by atoms with Crippen LogP contribution in [0.3, 0.4) is 0 Å². The van der Waals surface area contributed by atoms with Gasteiger partial charge >= 0.3 is 6.36 Å². The minimum atomic E-state index is -4.79. The number of piperidine rings is 1. The predicted molar refractivity (Wildman–Crippen MR) is 123 cm³/mol. The summed E-state index contributed by atoms with van der Waals surface area (Å²) in [5.74, 6) is -1.01. The maximum absolute atomic E-state index is 15.0. The zero-order chi connectivity index (χ0) is 25.4. The number of aromatic amines is 1. The van der Waals surface area contributed by atoms with E-state index in [9.17, 15) is 18.0 Å². The molecule has 2 aromatic heterocycles. The largest absolute Gasteiger partial charge is 0.573 e. The van der Waals surface area contributed by atoms with Gasteiger partial charge in [0.2, 0.25) is 0 Å². The number of nitrogens with one attached hydrogen (secondary N) is 2. The number of aromatic nitrogens is 2. The Bertz CT molecular complexity index is 1240. The number of nitrogens with zero attached hydrogens (tertiary/aromatic N) is 2. The topological polar surface area (TPSA) is 79.5 Å². The number of alkyl halides is 3. The van der Waals surface area contributed by atoms with Crippen LogP contribution in [0.1, 0.15) is 46.3 Å². The van der Waals surface area contributed by atoms with Crippen LogP contribution in [0.4, 0.5) is 17.6 Å². The van der Waals surface area contributed by atoms with Gasteiger partial charge in [-0.1, -0.05) is 0 Å². The highest BCUT2D eigenvalue weighted by Crippen LogP contribution is 2.37. The maximum atomic E-state index is 15.0. The summed E-state index contributed by atoms with van der Waals surface area (Å²) in [6.07, 6.45) is -2.41. The molecule has 36 heavy (non-hydrogen) atoms. The fourth-order valence-corrected chi connectivity index (χ4v) is 5.27. The molecule has 0 aliphatic carbocycles. The fourth-order valence-electron chi connectivity index (χ4n) is 5.27. The van der Waals surface area contributed by atoms with Crippen LogP contribution in [-0.2, 0) is 4.74 Å². The Hall–Kier alpha value is -3.18. The summed E-state index contributed by atoms with van der Waals surface area (Å²) < 4.78 is 61.6. The monoisotopic (exact) mass is 506 g/mol. The zero-order valence-corrected chi connectivity index (χ0v) is 19.6. The minimum absolute atomic E-state index is 0.0229. The average Bonchev–Trinajstić information content (AvgIpc) is 3.50. The number of benzene rings is 1. The van der Waals surface area contributed by atoms with Gasteiger partial charge in [0.15, 0.2) is 0 Å². The average molecular weight is 507 g/mol. The normalized spacial score (nSPS) is 21.3. The first-order chi connectivity index (χ1) is 17.2. The van der Waals surface area contributed by atoms with Crippen molar-refractivity contribution in [2.24, 2.45) is 0 Å². The van der Waals surface area contributed by atoms with Crippen molar-refractivity contribution >= 4 is 16.9 Å². The summed E-state index contributed by atoms with van der Waals surface area (Å²) in [5.41, 5.74) is 2.45. The van der Waals surface area contributed by atoms with Crippen molar-refractivity contribution in [3.8, 4) is 5.75 Å². The second kappa shape index (κ2) is 9.70. The molecule has 2 saturated heterocycles. The van der Waals surface area contributed by atoms with Gasteiger partial charge in [-0.3, -0.25) is 4.79 Å². The zero-order valence-electron chi connectivity index (χ0n) is 19.6. The Kier molecular flexibility index (Phi) is 6.60. The van der Waals surface area contributed by atoms with Gasteiger partial charge in [-0.15, -0.1) is 13.2 Å². The van der Waals surface area contributed by atoms with Crippen molar-refractivity contribution in [2.75, 3.05) is 33.3 Å². The SMILES string of the molecule is CO[C@H]1CNC[C@H]1c1cc2c(C3CCN(C(=O)c4ccc(OC(F)(F)F)cc4)CC3)c(F)cnc2[nH]1. The molecule has 1 aromatic carbocycles. The highest BCUT2D eigenvalue weighted by Gasteiger charge is 2.33. The third-order valence-corrected chi connectivity index (χ3v) is 7.06. The van der Waals surface area contributed by atoms with E-state index in [0.29, 0.717) is 37.1 Å². The number of pyridine rings is 1. The molecule has 0 unspecified atom stereocenters. The predicted octanol–water partition coefficient (Wildman–Crippen LogP) is 4.32. The van der Waals surface area contributed by atoms with Crippen molar-refractivity contribution in [3.05, 3.63) is 59.2 Å². The van der Waals surface area contributed by atoms with Crippen molar-refractivity contribution in [1.82, 2.24) is 20.2 Å². The summed E-state index contributed by atoms with van der Waals surface area (Å²) in [6.45, 7) is 2.31. The van der Waals surface area contributed by atoms with E-state index in [1.165, 1.54) is 18.3 Å².